The van der Waals surface area contributed by atoms with Gasteiger partial charge in [0.25, 0.3) is 0 Å². The van der Waals surface area contributed by atoms with Crippen LogP contribution in [0.2, 0.25) is 5.02 Å². The summed E-state index contributed by atoms with van der Waals surface area (Å²) in [7, 11) is 0. The number of thiazole rings is 1. The maximum absolute atomic E-state index is 12.5. The molecular weight excluding hydrogens is 378 g/mol. The van der Waals surface area contributed by atoms with E-state index in [1.807, 2.05) is 29.2 Å². The van der Waals surface area contributed by atoms with Crippen molar-refractivity contribution in [3.05, 3.63) is 50.9 Å². The van der Waals surface area contributed by atoms with Crippen LogP contribution in [0.25, 0.3) is 0 Å². The molecule has 27 heavy (non-hydrogen) atoms. The average molecular weight is 406 g/mol. The molecule has 146 valence electrons. The predicted molar refractivity (Wildman–Crippen MR) is 112 cm³/mol. The number of benzene rings is 1. The van der Waals surface area contributed by atoms with Crippen molar-refractivity contribution in [2.75, 3.05) is 26.2 Å². The Morgan fingerprint density at radius 1 is 1.15 bits per heavy atom. The van der Waals surface area contributed by atoms with Crippen LogP contribution < -0.4 is 0 Å². The Labute approximate surface area is 171 Å². The van der Waals surface area contributed by atoms with E-state index in [2.05, 4.69) is 31.1 Å². The van der Waals surface area contributed by atoms with Crippen molar-refractivity contribution in [3.63, 3.8) is 0 Å². The first-order valence-electron chi connectivity index (χ1n) is 9.51. The highest BCUT2D eigenvalue weighted by molar-refractivity contribution is 7.09. The lowest BCUT2D eigenvalue weighted by Crippen LogP contribution is -2.48. The van der Waals surface area contributed by atoms with Gasteiger partial charge in [0.1, 0.15) is 0 Å². The summed E-state index contributed by atoms with van der Waals surface area (Å²) in [6, 6.07) is 7.74. The van der Waals surface area contributed by atoms with Crippen LogP contribution >= 0.6 is 22.9 Å². The van der Waals surface area contributed by atoms with E-state index in [0.717, 1.165) is 55.4 Å². The van der Waals surface area contributed by atoms with Gasteiger partial charge in [0.2, 0.25) is 5.91 Å². The number of halogens is 1. The molecule has 1 aliphatic heterocycles. The molecule has 1 aromatic heterocycles. The molecule has 0 bridgehead atoms. The van der Waals surface area contributed by atoms with E-state index in [1.54, 1.807) is 11.3 Å². The fourth-order valence-corrected chi connectivity index (χ4v) is 4.19. The van der Waals surface area contributed by atoms with Crippen LogP contribution in [0, 0.1) is 0 Å². The quantitative estimate of drug-likeness (QED) is 0.741. The lowest BCUT2D eigenvalue weighted by molar-refractivity contribution is -0.133. The third-order valence-corrected chi connectivity index (χ3v) is 6.41. The first kappa shape index (κ1) is 20.3. The molecule has 0 saturated carbocycles. The molecular formula is C21H28ClN3OS. The van der Waals surface area contributed by atoms with Crippen LogP contribution in [0.1, 0.15) is 43.5 Å². The number of carbonyl (C=O) groups excluding carboxylic acids is 1. The highest BCUT2D eigenvalue weighted by Gasteiger charge is 2.23. The summed E-state index contributed by atoms with van der Waals surface area (Å²) >= 11 is 7.65. The molecule has 0 unspecified atom stereocenters. The van der Waals surface area contributed by atoms with Gasteiger partial charge >= 0.3 is 0 Å². The number of amides is 1. The number of aromatic nitrogens is 1. The Morgan fingerprint density at radius 3 is 2.41 bits per heavy atom. The van der Waals surface area contributed by atoms with E-state index in [0.29, 0.717) is 6.42 Å². The number of nitrogens with zero attached hydrogens (tertiary/aromatic N) is 3. The minimum Gasteiger partial charge on any atom is -0.340 e. The van der Waals surface area contributed by atoms with Crippen LogP contribution in [-0.2, 0) is 23.2 Å². The molecule has 2 heterocycles. The van der Waals surface area contributed by atoms with E-state index in [9.17, 15) is 4.79 Å². The number of rotatable bonds is 5. The fourth-order valence-electron chi connectivity index (χ4n) is 3.17. The number of piperazine rings is 1. The molecule has 1 amide bonds. The van der Waals surface area contributed by atoms with Gasteiger partial charge in [0.15, 0.2) is 0 Å². The van der Waals surface area contributed by atoms with Gasteiger partial charge < -0.3 is 4.90 Å². The van der Waals surface area contributed by atoms with Gasteiger partial charge in [-0.05, 0) is 24.1 Å². The summed E-state index contributed by atoms with van der Waals surface area (Å²) in [4.78, 5) is 21.7. The van der Waals surface area contributed by atoms with Crippen LogP contribution in [0.15, 0.2) is 29.6 Å². The smallest absolute Gasteiger partial charge is 0.222 e. The molecule has 3 rings (SSSR count). The summed E-state index contributed by atoms with van der Waals surface area (Å²) in [6.45, 7) is 10.9. The lowest BCUT2D eigenvalue weighted by atomic mass is 9.98. The van der Waals surface area contributed by atoms with Gasteiger partial charge in [-0.2, -0.15) is 0 Å². The van der Waals surface area contributed by atoms with E-state index in [-0.39, 0.29) is 11.3 Å². The number of carbonyl (C=O) groups is 1. The van der Waals surface area contributed by atoms with Crippen LogP contribution in [0.3, 0.4) is 0 Å². The second-order valence-corrected chi connectivity index (χ2v) is 9.47. The molecule has 0 aliphatic carbocycles. The molecule has 0 spiro atoms. The van der Waals surface area contributed by atoms with Crippen LogP contribution in [0.5, 0.6) is 0 Å². The molecule has 1 saturated heterocycles. The second-order valence-electron chi connectivity index (χ2n) is 8.18. The SMILES string of the molecule is CC(C)(C)c1nc(CN2CCN(C(=O)CCc3ccc(Cl)cc3)CC2)cs1. The predicted octanol–water partition coefficient (Wildman–Crippen LogP) is 4.37. The summed E-state index contributed by atoms with van der Waals surface area (Å²) in [5.41, 5.74) is 2.41. The van der Waals surface area contributed by atoms with Crippen LogP contribution in [-0.4, -0.2) is 46.9 Å². The van der Waals surface area contributed by atoms with Crippen molar-refractivity contribution in [1.29, 1.82) is 0 Å². The molecule has 1 aromatic carbocycles. The topological polar surface area (TPSA) is 36.4 Å². The molecule has 0 N–H and O–H groups in total. The van der Waals surface area contributed by atoms with E-state index < -0.39 is 0 Å². The Kier molecular flexibility index (Phi) is 6.56. The first-order chi connectivity index (χ1) is 12.8. The van der Waals surface area contributed by atoms with E-state index in [4.69, 9.17) is 16.6 Å². The van der Waals surface area contributed by atoms with Gasteiger partial charge in [0, 0.05) is 55.0 Å². The van der Waals surface area contributed by atoms with Crippen molar-refractivity contribution >= 4 is 28.8 Å². The standard InChI is InChI=1S/C21H28ClN3OS/c1-21(2,3)20-23-18(15-27-20)14-24-10-12-25(13-11-24)19(26)9-6-16-4-7-17(22)8-5-16/h4-5,7-8,15H,6,9-14H2,1-3H3. The first-order valence-corrected chi connectivity index (χ1v) is 10.8. The molecule has 4 nitrogen and oxygen atoms in total. The average Bonchev–Trinajstić information content (AvgIpc) is 3.10. The minimum atomic E-state index is 0.109. The maximum atomic E-state index is 12.5. The third-order valence-electron chi connectivity index (χ3n) is 4.84. The molecule has 0 radical (unpaired) electrons. The number of hydrogen-bond donors (Lipinski definition) is 0. The molecule has 6 heteroatoms. The molecule has 0 atom stereocenters. The Balaban J connectivity index is 1.43. The number of aryl methyl sites for hydroxylation is 1. The summed E-state index contributed by atoms with van der Waals surface area (Å²) in [6.07, 6.45) is 1.33. The van der Waals surface area contributed by atoms with Gasteiger partial charge in [-0.3, -0.25) is 9.69 Å². The molecule has 1 fully saturated rings. The van der Waals surface area contributed by atoms with E-state index >= 15 is 0 Å². The monoisotopic (exact) mass is 405 g/mol. The normalized spacial score (nSPS) is 15.9. The van der Waals surface area contributed by atoms with Crippen molar-refractivity contribution in [2.45, 2.75) is 45.6 Å². The Hall–Kier alpha value is -1.43. The van der Waals surface area contributed by atoms with Crippen molar-refractivity contribution in [1.82, 2.24) is 14.8 Å². The second kappa shape index (κ2) is 8.72. The van der Waals surface area contributed by atoms with Gasteiger partial charge in [-0.25, -0.2) is 4.98 Å². The lowest BCUT2D eigenvalue weighted by Gasteiger charge is -2.34. The molecule has 1 aliphatic rings. The van der Waals surface area contributed by atoms with Crippen LogP contribution in [0.4, 0.5) is 0 Å². The zero-order valence-electron chi connectivity index (χ0n) is 16.4. The highest BCUT2D eigenvalue weighted by Crippen LogP contribution is 2.26. The van der Waals surface area contributed by atoms with Crippen molar-refractivity contribution < 1.29 is 4.79 Å². The maximum Gasteiger partial charge on any atom is 0.222 e. The Morgan fingerprint density at radius 2 is 1.81 bits per heavy atom. The van der Waals surface area contributed by atoms with Gasteiger partial charge in [-0.1, -0.05) is 44.5 Å². The Bertz CT molecular complexity index is 758. The fraction of sp³-hybridized carbons (Fsp3) is 0.524. The highest BCUT2D eigenvalue weighted by atomic mass is 35.5. The van der Waals surface area contributed by atoms with E-state index in [1.165, 1.54) is 5.01 Å². The minimum absolute atomic E-state index is 0.109. The summed E-state index contributed by atoms with van der Waals surface area (Å²) < 4.78 is 0. The third kappa shape index (κ3) is 5.77. The largest absolute Gasteiger partial charge is 0.340 e. The zero-order chi connectivity index (χ0) is 19.4. The van der Waals surface area contributed by atoms with Crippen molar-refractivity contribution in [2.24, 2.45) is 0 Å². The van der Waals surface area contributed by atoms with Gasteiger partial charge in [0.05, 0.1) is 10.7 Å². The zero-order valence-corrected chi connectivity index (χ0v) is 17.9. The summed E-state index contributed by atoms with van der Waals surface area (Å²) in [5, 5.41) is 4.09. The summed E-state index contributed by atoms with van der Waals surface area (Å²) in [5.74, 6) is 0.244. The van der Waals surface area contributed by atoms with Crippen molar-refractivity contribution in [3.8, 4) is 0 Å². The molecule has 2 aromatic rings. The number of hydrogen-bond acceptors (Lipinski definition) is 4. The van der Waals surface area contributed by atoms with Gasteiger partial charge in [-0.15, -0.1) is 11.3 Å².